The molecule has 1 fully saturated rings. The van der Waals surface area contributed by atoms with E-state index < -0.39 is 0 Å². The molecule has 1 saturated heterocycles. The molecule has 0 spiro atoms. The van der Waals surface area contributed by atoms with Crippen LogP contribution in [0.4, 0.5) is 5.82 Å². The highest BCUT2D eigenvalue weighted by atomic mass is 15.3. The number of likely N-dealkylation sites (N-methyl/N-ethyl adjacent to an activating group) is 1. The van der Waals surface area contributed by atoms with E-state index in [-0.39, 0.29) is 0 Å². The number of guanidine groups is 1. The highest BCUT2D eigenvalue weighted by molar-refractivity contribution is 5.81. The Bertz CT molecular complexity index is 478. The molecule has 108 valence electrons. The number of nitrogens with zero attached hydrogens (tertiary/aromatic N) is 4. The first-order valence-electron chi connectivity index (χ1n) is 7.22. The zero-order chi connectivity index (χ0) is 13.8. The summed E-state index contributed by atoms with van der Waals surface area (Å²) in [7, 11) is 2.17. The Labute approximate surface area is 119 Å². The predicted molar refractivity (Wildman–Crippen MR) is 81.1 cm³/mol. The van der Waals surface area contributed by atoms with Crippen molar-refractivity contribution in [3.05, 3.63) is 23.9 Å². The van der Waals surface area contributed by atoms with Gasteiger partial charge in [0.05, 0.1) is 6.54 Å². The molecule has 2 aliphatic rings. The molecule has 0 radical (unpaired) electrons. The molecule has 0 aromatic carbocycles. The van der Waals surface area contributed by atoms with E-state index in [0.717, 1.165) is 57.6 Å². The maximum absolute atomic E-state index is 4.58. The average Bonchev–Trinajstić information content (AvgIpc) is 3.00. The summed E-state index contributed by atoms with van der Waals surface area (Å²) in [6.07, 6.45) is 1.88. The zero-order valence-electron chi connectivity index (χ0n) is 12.0. The van der Waals surface area contributed by atoms with Crippen molar-refractivity contribution in [3.63, 3.8) is 0 Å². The third kappa shape index (κ3) is 3.01. The summed E-state index contributed by atoms with van der Waals surface area (Å²) in [6.45, 7) is 6.83. The number of aromatic nitrogens is 1. The fraction of sp³-hybridized carbons (Fsp3) is 0.571. The second-order valence-corrected chi connectivity index (χ2v) is 5.29. The van der Waals surface area contributed by atoms with Crippen molar-refractivity contribution in [1.82, 2.24) is 20.5 Å². The van der Waals surface area contributed by atoms with Gasteiger partial charge in [0.25, 0.3) is 0 Å². The van der Waals surface area contributed by atoms with Crippen LogP contribution in [0.15, 0.2) is 23.3 Å². The molecule has 2 N–H and O–H groups in total. The quantitative estimate of drug-likeness (QED) is 0.805. The number of aliphatic imine (C=N–C) groups is 1. The molecule has 3 rings (SSSR count). The Morgan fingerprint density at radius 1 is 1.30 bits per heavy atom. The summed E-state index contributed by atoms with van der Waals surface area (Å²) in [6, 6.07) is 4.14. The Morgan fingerprint density at radius 2 is 2.15 bits per heavy atom. The van der Waals surface area contributed by atoms with Gasteiger partial charge in [-0.1, -0.05) is 6.07 Å². The smallest absolute Gasteiger partial charge is 0.191 e. The van der Waals surface area contributed by atoms with Gasteiger partial charge in [-0.25, -0.2) is 4.98 Å². The molecule has 1 aromatic rings. The van der Waals surface area contributed by atoms with Crippen LogP contribution in [0, 0.1) is 0 Å². The van der Waals surface area contributed by atoms with E-state index in [2.05, 4.69) is 43.5 Å². The molecule has 20 heavy (non-hydrogen) atoms. The first-order valence-corrected chi connectivity index (χ1v) is 7.22. The van der Waals surface area contributed by atoms with E-state index in [4.69, 9.17) is 0 Å². The van der Waals surface area contributed by atoms with Crippen LogP contribution in [-0.4, -0.2) is 62.2 Å². The normalized spacial score (nSPS) is 19.6. The van der Waals surface area contributed by atoms with Gasteiger partial charge in [0.1, 0.15) is 5.82 Å². The third-order valence-electron chi connectivity index (χ3n) is 3.79. The first kappa shape index (κ1) is 13.2. The Hall–Kier alpha value is -1.82. The number of rotatable bonds is 3. The van der Waals surface area contributed by atoms with Gasteiger partial charge in [-0.2, -0.15) is 0 Å². The lowest BCUT2D eigenvalue weighted by molar-refractivity contribution is 0.312. The minimum absolute atomic E-state index is 0.765. The molecule has 0 saturated carbocycles. The molecule has 0 amide bonds. The van der Waals surface area contributed by atoms with Gasteiger partial charge >= 0.3 is 0 Å². The first-order chi connectivity index (χ1) is 9.83. The van der Waals surface area contributed by atoms with Gasteiger partial charge in [0.2, 0.25) is 0 Å². The standard InChI is InChI=1S/C14H22N6/c1-19-7-9-20(10-8-19)13-12(3-2-4-15-13)11-18-14-16-5-6-17-14/h2-4H,5-11H2,1H3,(H2,16,17,18). The van der Waals surface area contributed by atoms with Crippen molar-refractivity contribution >= 4 is 11.8 Å². The minimum Gasteiger partial charge on any atom is -0.355 e. The highest BCUT2D eigenvalue weighted by Crippen LogP contribution is 2.18. The van der Waals surface area contributed by atoms with Crippen LogP contribution < -0.4 is 15.5 Å². The lowest BCUT2D eigenvalue weighted by Gasteiger charge is -2.34. The number of piperazine rings is 1. The third-order valence-corrected chi connectivity index (χ3v) is 3.79. The molecule has 0 unspecified atom stereocenters. The number of hydrogen-bond donors (Lipinski definition) is 2. The molecule has 0 atom stereocenters. The largest absolute Gasteiger partial charge is 0.355 e. The van der Waals surface area contributed by atoms with Gasteiger partial charge in [0.15, 0.2) is 5.96 Å². The van der Waals surface area contributed by atoms with Crippen LogP contribution in [0.2, 0.25) is 0 Å². The second kappa shape index (κ2) is 6.09. The van der Waals surface area contributed by atoms with Crippen molar-refractivity contribution in [1.29, 1.82) is 0 Å². The Morgan fingerprint density at radius 3 is 2.90 bits per heavy atom. The Balaban J connectivity index is 1.67. The zero-order valence-corrected chi connectivity index (χ0v) is 12.0. The monoisotopic (exact) mass is 274 g/mol. The van der Waals surface area contributed by atoms with E-state index in [9.17, 15) is 0 Å². The van der Waals surface area contributed by atoms with Crippen molar-refractivity contribution in [2.75, 3.05) is 51.2 Å². The van der Waals surface area contributed by atoms with Gasteiger partial charge in [-0.3, -0.25) is 4.99 Å². The molecule has 3 heterocycles. The molecule has 6 nitrogen and oxygen atoms in total. The lowest BCUT2D eigenvalue weighted by Crippen LogP contribution is -2.45. The van der Waals surface area contributed by atoms with Crippen LogP contribution in [0.5, 0.6) is 0 Å². The lowest BCUT2D eigenvalue weighted by atomic mass is 10.2. The van der Waals surface area contributed by atoms with Gasteiger partial charge in [-0.15, -0.1) is 0 Å². The SMILES string of the molecule is CN1CCN(c2ncccc2CNC2=NCCN2)CC1. The topological polar surface area (TPSA) is 55.8 Å². The highest BCUT2D eigenvalue weighted by Gasteiger charge is 2.18. The molecular formula is C14H22N6. The minimum atomic E-state index is 0.765. The van der Waals surface area contributed by atoms with E-state index in [1.807, 2.05) is 12.3 Å². The number of pyridine rings is 1. The van der Waals surface area contributed by atoms with Crippen molar-refractivity contribution in [2.24, 2.45) is 4.99 Å². The number of anilines is 1. The summed E-state index contributed by atoms with van der Waals surface area (Å²) < 4.78 is 0. The van der Waals surface area contributed by atoms with Crippen LogP contribution in [0.3, 0.4) is 0 Å². The summed E-state index contributed by atoms with van der Waals surface area (Å²) in [5, 5.41) is 6.58. The van der Waals surface area contributed by atoms with Crippen LogP contribution in [0.1, 0.15) is 5.56 Å². The predicted octanol–water partition coefficient (Wildman–Crippen LogP) is -0.118. The van der Waals surface area contributed by atoms with Crippen molar-refractivity contribution in [3.8, 4) is 0 Å². The fourth-order valence-electron chi connectivity index (χ4n) is 2.57. The van der Waals surface area contributed by atoms with Gasteiger partial charge < -0.3 is 20.4 Å². The Kier molecular flexibility index (Phi) is 4.01. The summed E-state index contributed by atoms with van der Waals surface area (Å²) in [5.41, 5.74) is 1.23. The summed E-state index contributed by atoms with van der Waals surface area (Å²) in [4.78, 5) is 13.7. The van der Waals surface area contributed by atoms with Crippen molar-refractivity contribution < 1.29 is 0 Å². The molecule has 1 aromatic heterocycles. The van der Waals surface area contributed by atoms with E-state index in [1.54, 1.807) is 0 Å². The number of nitrogens with one attached hydrogen (secondary N) is 2. The van der Waals surface area contributed by atoms with Gasteiger partial charge in [0, 0.05) is 51.0 Å². The maximum Gasteiger partial charge on any atom is 0.191 e. The van der Waals surface area contributed by atoms with Gasteiger partial charge in [-0.05, 0) is 13.1 Å². The van der Waals surface area contributed by atoms with E-state index in [0.29, 0.717) is 0 Å². The summed E-state index contributed by atoms with van der Waals surface area (Å²) in [5.74, 6) is 2.00. The summed E-state index contributed by atoms with van der Waals surface area (Å²) >= 11 is 0. The molecule has 6 heteroatoms. The molecule has 0 aliphatic carbocycles. The van der Waals surface area contributed by atoms with Crippen LogP contribution >= 0.6 is 0 Å². The second-order valence-electron chi connectivity index (χ2n) is 5.29. The molecule has 0 bridgehead atoms. The van der Waals surface area contributed by atoms with Crippen LogP contribution in [-0.2, 0) is 6.54 Å². The molecular weight excluding hydrogens is 252 g/mol. The maximum atomic E-state index is 4.58. The molecule has 2 aliphatic heterocycles. The number of hydrogen-bond acceptors (Lipinski definition) is 6. The van der Waals surface area contributed by atoms with E-state index >= 15 is 0 Å². The van der Waals surface area contributed by atoms with E-state index in [1.165, 1.54) is 5.56 Å². The fourth-order valence-corrected chi connectivity index (χ4v) is 2.57. The van der Waals surface area contributed by atoms with Crippen LogP contribution in [0.25, 0.3) is 0 Å². The average molecular weight is 274 g/mol. The van der Waals surface area contributed by atoms with Crippen molar-refractivity contribution in [2.45, 2.75) is 6.54 Å².